The van der Waals surface area contributed by atoms with Gasteiger partial charge < -0.3 is 24.8 Å². The number of benzene rings is 2. The molecule has 0 radical (unpaired) electrons. The summed E-state index contributed by atoms with van der Waals surface area (Å²) < 4.78 is 16.5. The average Bonchev–Trinajstić information content (AvgIpc) is 2.83. The van der Waals surface area contributed by atoms with Gasteiger partial charge in [-0.25, -0.2) is 4.98 Å². The molecule has 0 unspecified atom stereocenters. The molecule has 0 saturated carbocycles. The van der Waals surface area contributed by atoms with E-state index in [4.69, 9.17) is 14.2 Å². The number of halogens is 1. The maximum absolute atomic E-state index is 5.63. The van der Waals surface area contributed by atoms with Gasteiger partial charge in [-0.05, 0) is 35.4 Å². The van der Waals surface area contributed by atoms with Gasteiger partial charge in [0, 0.05) is 32.4 Å². The van der Waals surface area contributed by atoms with Crippen LogP contribution in [0.4, 0.5) is 0 Å². The second-order valence-electron chi connectivity index (χ2n) is 6.65. The van der Waals surface area contributed by atoms with Gasteiger partial charge >= 0.3 is 0 Å². The van der Waals surface area contributed by atoms with E-state index in [2.05, 4.69) is 20.6 Å². The molecule has 8 heteroatoms. The molecule has 1 aromatic heterocycles. The number of nitrogens with one attached hydrogen (secondary N) is 2. The first-order valence-corrected chi connectivity index (χ1v) is 10.1. The quantitative estimate of drug-likeness (QED) is 0.173. The molecule has 3 aromatic rings. The molecule has 7 nitrogen and oxygen atoms in total. The van der Waals surface area contributed by atoms with E-state index in [9.17, 15) is 0 Å². The Kier molecular flexibility index (Phi) is 11.1. The van der Waals surface area contributed by atoms with Crippen LogP contribution in [0.1, 0.15) is 11.1 Å². The molecule has 32 heavy (non-hydrogen) atoms. The molecule has 0 atom stereocenters. The summed E-state index contributed by atoms with van der Waals surface area (Å²) in [6.45, 7) is 2.14. The highest BCUT2D eigenvalue weighted by atomic mass is 127. The largest absolute Gasteiger partial charge is 0.497 e. The van der Waals surface area contributed by atoms with Crippen molar-refractivity contribution in [3.05, 3.63) is 84.1 Å². The minimum Gasteiger partial charge on any atom is -0.497 e. The standard InChI is InChI=1S/C24H28N4O3.HI/c1-25-24(27-16-19-7-6-10-22(15-19)29-2)28-18-20-11-12-23(26-17-20)31-14-13-30-21-8-4-3-5-9-21;/h3-12,15,17H,13-14,16,18H2,1-2H3,(H2,25,27,28);1H. The van der Waals surface area contributed by atoms with E-state index in [-0.39, 0.29) is 24.0 Å². The van der Waals surface area contributed by atoms with Crippen molar-refractivity contribution in [2.24, 2.45) is 4.99 Å². The molecule has 0 aliphatic heterocycles. The first kappa shape index (κ1) is 25.3. The molecular weight excluding hydrogens is 519 g/mol. The van der Waals surface area contributed by atoms with Crippen LogP contribution in [0.3, 0.4) is 0 Å². The first-order valence-electron chi connectivity index (χ1n) is 10.1. The van der Waals surface area contributed by atoms with Crippen LogP contribution < -0.4 is 24.8 Å². The van der Waals surface area contributed by atoms with Gasteiger partial charge in [-0.3, -0.25) is 4.99 Å². The SMILES string of the molecule is CN=C(NCc1ccc(OCCOc2ccccc2)nc1)NCc1cccc(OC)c1.I. The van der Waals surface area contributed by atoms with E-state index in [1.807, 2.05) is 66.7 Å². The number of nitrogens with zero attached hydrogens (tertiary/aromatic N) is 2. The molecule has 0 aliphatic carbocycles. The topological polar surface area (TPSA) is 77.0 Å². The molecule has 0 spiro atoms. The van der Waals surface area contributed by atoms with Crippen LogP contribution in [-0.2, 0) is 13.1 Å². The molecule has 2 aromatic carbocycles. The number of aliphatic imine (C=N–C) groups is 1. The maximum atomic E-state index is 5.63. The third-order valence-corrected chi connectivity index (χ3v) is 4.42. The maximum Gasteiger partial charge on any atom is 0.213 e. The third-order valence-electron chi connectivity index (χ3n) is 4.42. The van der Waals surface area contributed by atoms with Crippen molar-refractivity contribution < 1.29 is 14.2 Å². The van der Waals surface area contributed by atoms with Crippen LogP contribution >= 0.6 is 24.0 Å². The van der Waals surface area contributed by atoms with Gasteiger partial charge in [0.25, 0.3) is 0 Å². The third kappa shape index (κ3) is 8.62. The normalized spacial score (nSPS) is 10.6. The minimum atomic E-state index is 0. The van der Waals surface area contributed by atoms with E-state index >= 15 is 0 Å². The fraction of sp³-hybridized carbons (Fsp3) is 0.250. The molecule has 1 heterocycles. The highest BCUT2D eigenvalue weighted by molar-refractivity contribution is 14.0. The number of hydrogen-bond acceptors (Lipinski definition) is 5. The number of guanidine groups is 1. The summed E-state index contributed by atoms with van der Waals surface area (Å²) in [5.41, 5.74) is 2.14. The summed E-state index contributed by atoms with van der Waals surface area (Å²) in [7, 11) is 3.41. The van der Waals surface area contributed by atoms with Gasteiger partial charge in [0.05, 0.1) is 7.11 Å². The second-order valence-corrected chi connectivity index (χ2v) is 6.65. The van der Waals surface area contributed by atoms with Crippen LogP contribution in [0.25, 0.3) is 0 Å². The zero-order valence-electron chi connectivity index (χ0n) is 18.3. The number of methoxy groups -OCH3 is 1. The summed E-state index contributed by atoms with van der Waals surface area (Å²) in [5, 5.41) is 6.57. The molecule has 0 amide bonds. The molecule has 2 N–H and O–H groups in total. The first-order chi connectivity index (χ1) is 15.3. The number of para-hydroxylation sites is 1. The van der Waals surface area contributed by atoms with Crippen LogP contribution in [0.5, 0.6) is 17.4 Å². The zero-order valence-corrected chi connectivity index (χ0v) is 20.6. The Labute approximate surface area is 206 Å². The van der Waals surface area contributed by atoms with Crippen LogP contribution in [0.15, 0.2) is 77.9 Å². The van der Waals surface area contributed by atoms with E-state index in [1.54, 1.807) is 20.4 Å². The highest BCUT2D eigenvalue weighted by Crippen LogP contribution is 2.12. The molecule has 0 aliphatic rings. The number of hydrogen-bond donors (Lipinski definition) is 2. The monoisotopic (exact) mass is 548 g/mol. The zero-order chi connectivity index (χ0) is 21.7. The lowest BCUT2D eigenvalue weighted by molar-refractivity contribution is 0.212. The summed E-state index contributed by atoms with van der Waals surface area (Å²) in [6.07, 6.45) is 1.79. The Balaban J connectivity index is 0.00000363. The smallest absolute Gasteiger partial charge is 0.213 e. The minimum absolute atomic E-state index is 0. The van der Waals surface area contributed by atoms with Crippen molar-refractivity contribution in [2.45, 2.75) is 13.1 Å². The predicted octanol–water partition coefficient (Wildman–Crippen LogP) is 4.03. The van der Waals surface area contributed by atoms with Crippen molar-refractivity contribution in [1.82, 2.24) is 15.6 Å². The molecule has 0 saturated heterocycles. The molecule has 170 valence electrons. The number of ether oxygens (including phenoxy) is 3. The number of aromatic nitrogens is 1. The van der Waals surface area contributed by atoms with Crippen molar-refractivity contribution >= 4 is 29.9 Å². The van der Waals surface area contributed by atoms with Gasteiger partial charge in [0.2, 0.25) is 5.88 Å². The lowest BCUT2D eigenvalue weighted by Gasteiger charge is -2.13. The summed E-state index contributed by atoms with van der Waals surface area (Å²) in [6, 6.07) is 21.4. The van der Waals surface area contributed by atoms with Crippen LogP contribution in [0.2, 0.25) is 0 Å². The Morgan fingerprint density at radius 2 is 1.56 bits per heavy atom. The number of pyridine rings is 1. The fourth-order valence-corrected chi connectivity index (χ4v) is 2.80. The van der Waals surface area contributed by atoms with Gasteiger partial charge in [-0.1, -0.05) is 36.4 Å². The van der Waals surface area contributed by atoms with Gasteiger partial charge in [-0.15, -0.1) is 24.0 Å². The Morgan fingerprint density at radius 1 is 0.844 bits per heavy atom. The lowest BCUT2D eigenvalue weighted by atomic mass is 10.2. The molecular formula is C24H29IN4O3. The summed E-state index contributed by atoms with van der Waals surface area (Å²) >= 11 is 0. The highest BCUT2D eigenvalue weighted by Gasteiger charge is 2.02. The number of rotatable bonds is 10. The van der Waals surface area contributed by atoms with Crippen molar-refractivity contribution in [3.63, 3.8) is 0 Å². The van der Waals surface area contributed by atoms with Crippen LogP contribution in [-0.4, -0.2) is 38.3 Å². The average molecular weight is 548 g/mol. The van der Waals surface area contributed by atoms with Crippen molar-refractivity contribution in [3.8, 4) is 17.4 Å². The van der Waals surface area contributed by atoms with E-state index in [0.717, 1.165) is 22.6 Å². The Hall–Kier alpha value is -3.01. The van der Waals surface area contributed by atoms with E-state index in [0.29, 0.717) is 38.1 Å². The van der Waals surface area contributed by atoms with E-state index in [1.165, 1.54) is 0 Å². The van der Waals surface area contributed by atoms with Crippen LogP contribution in [0, 0.1) is 0 Å². The predicted molar refractivity (Wildman–Crippen MR) is 137 cm³/mol. The Morgan fingerprint density at radius 3 is 2.25 bits per heavy atom. The summed E-state index contributed by atoms with van der Waals surface area (Å²) in [5.74, 6) is 2.94. The van der Waals surface area contributed by atoms with Gasteiger partial charge in [0.15, 0.2) is 5.96 Å². The van der Waals surface area contributed by atoms with Gasteiger partial charge in [0.1, 0.15) is 24.7 Å². The van der Waals surface area contributed by atoms with E-state index < -0.39 is 0 Å². The Bertz CT molecular complexity index is 953. The lowest BCUT2D eigenvalue weighted by Crippen LogP contribution is -2.36. The second kappa shape index (κ2) is 14.1. The molecule has 3 rings (SSSR count). The van der Waals surface area contributed by atoms with Crippen molar-refractivity contribution in [2.75, 3.05) is 27.4 Å². The summed E-state index contributed by atoms with van der Waals surface area (Å²) in [4.78, 5) is 8.61. The molecule has 0 fully saturated rings. The van der Waals surface area contributed by atoms with Gasteiger partial charge in [-0.2, -0.15) is 0 Å². The fourth-order valence-electron chi connectivity index (χ4n) is 2.80. The molecule has 0 bridgehead atoms. The van der Waals surface area contributed by atoms with Crippen molar-refractivity contribution in [1.29, 1.82) is 0 Å².